The molecule has 0 bridgehead atoms. The monoisotopic (exact) mass is 463 g/mol. The molecule has 0 saturated carbocycles. The number of nitrogens with zero attached hydrogens (tertiary/aromatic N) is 3. The molecule has 1 unspecified atom stereocenters. The molecule has 0 N–H and O–H groups in total. The number of hydrogen-bond donors (Lipinski definition) is 0. The van der Waals surface area contributed by atoms with E-state index in [0.717, 1.165) is 11.0 Å². The summed E-state index contributed by atoms with van der Waals surface area (Å²) in [7, 11) is 1.21. The number of pyridine rings is 1. The third-order valence-corrected chi connectivity index (χ3v) is 5.25. The normalized spacial score (nSPS) is 16.3. The van der Waals surface area contributed by atoms with Gasteiger partial charge in [0.1, 0.15) is 18.4 Å². The van der Waals surface area contributed by atoms with Gasteiger partial charge in [0.15, 0.2) is 11.6 Å². The highest BCUT2D eigenvalue weighted by atomic mass is 35.5. The van der Waals surface area contributed by atoms with E-state index in [0.29, 0.717) is 5.56 Å². The summed E-state index contributed by atoms with van der Waals surface area (Å²) in [4.78, 5) is 44.1. The van der Waals surface area contributed by atoms with E-state index in [4.69, 9.17) is 11.6 Å². The van der Waals surface area contributed by atoms with E-state index in [9.17, 15) is 23.2 Å². The van der Waals surface area contributed by atoms with Crippen LogP contribution in [0.4, 0.5) is 14.6 Å². The van der Waals surface area contributed by atoms with Crippen LogP contribution in [0.25, 0.3) is 0 Å². The molecule has 0 radical (unpaired) electrons. The summed E-state index contributed by atoms with van der Waals surface area (Å²) >= 11 is 5.74. The average molecular weight is 464 g/mol. The predicted molar refractivity (Wildman–Crippen MR) is 113 cm³/mol. The Morgan fingerprint density at radius 3 is 2.59 bits per heavy atom. The minimum atomic E-state index is -1.03. The van der Waals surface area contributed by atoms with Crippen molar-refractivity contribution in [3.8, 4) is 0 Å². The number of aromatic nitrogens is 1. The molecule has 1 aliphatic rings. The molecule has 1 aromatic carbocycles. The second-order valence-corrected chi connectivity index (χ2v) is 7.62. The molecule has 0 spiro atoms. The first-order valence-corrected chi connectivity index (χ1v) is 10.0. The van der Waals surface area contributed by atoms with Crippen molar-refractivity contribution in [3.63, 3.8) is 0 Å². The number of halogens is 3. The quantitative estimate of drug-likeness (QED) is 0.465. The summed E-state index contributed by atoms with van der Waals surface area (Å²) in [6.45, 7) is 3.24. The Bertz CT molecular complexity index is 1060. The number of hydrogen-bond acceptors (Lipinski definition) is 5. The van der Waals surface area contributed by atoms with Crippen molar-refractivity contribution in [3.05, 3.63) is 70.9 Å². The maximum Gasteiger partial charge on any atom is 0.333 e. The first-order valence-electron chi connectivity index (χ1n) is 9.63. The van der Waals surface area contributed by atoms with Crippen molar-refractivity contribution < 1.29 is 27.9 Å². The molecule has 0 aliphatic carbocycles. The van der Waals surface area contributed by atoms with E-state index < -0.39 is 42.0 Å². The number of methoxy groups -OCH3 is 1. The maximum atomic E-state index is 14.4. The molecule has 1 atom stereocenters. The molecule has 1 saturated heterocycles. The second kappa shape index (κ2) is 9.86. The maximum absolute atomic E-state index is 14.4. The Labute approximate surface area is 188 Å². The van der Waals surface area contributed by atoms with Crippen LogP contribution in [0.1, 0.15) is 18.4 Å². The molecule has 1 aromatic heterocycles. The third kappa shape index (κ3) is 5.11. The fraction of sp³-hybridized carbons (Fsp3) is 0.273. The first-order chi connectivity index (χ1) is 15.2. The zero-order chi connectivity index (χ0) is 23.4. The lowest BCUT2D eigenvalue weighted by atomic mass is 10.0. The molecule has 2 aromatic rings. The van der Waals surface area contributed by atoms with Crippen LogP contribution in [0.5, 0.6) is 0 Å². The van der Waals surface area contributed by atoms with Crippen LogP contribution in [-0.4, -0.2) is 47.4 Å². The van der Waals surface area contributed by atoms with E-state index in [1.165, 1.54) is 42.5 Å². The highest BCUT2D eigenvalue weighted by Gasteiger charge is 2.41. The highest BCUT2D eigenvalue weighted by Crippen LogP contribution is 2.27. The Balaban J connectivity index is 1.90. The van der Waals surface area contributed by atoms with Crippen molar-refractivity contribution in [2.75, 3.05) is 18.6 Å². The number of piperazine rings is 1. The lowest BCUT2D eigenvalue weighted by molar-refractivity contribution is -0.144. The third-order valence-electron chi connectivity index (χ3n) is 5.04. The summed E-state index contributed by atoms with van der Waals surface area (Å²) < 4.78 is 32.3. The standard InChI is InChI=1S/C22H20ClF2N3O4/c1-13(22(31)32-2)3-8-18-21(30)28(20-17(25)9-15(23)10-26-20)12-19(29)27(18)11-14-4-6-16(24)7-5-14/h4-7,9-10,18H,1,3,8,11-12H2,2H3. The lowest BCUT2D eigenvalue weighted by Gasteiger charge is -2.40. The number of esters is 1. The Morgan fingerprint density at radius 1 is 1.28 bits per heavy atom. The van der Waals surface area contributed by atoms with Gasteiger partial charge < -0.3 is 9.64 Å². The number of benzene rings is 1. The molecule has 32 heavy (non-hydrogen) atoms. The van der Waals surface area contributed by atoms with Crippen LogP contribution in [-0.2, 0) is 25.7 Å². The van der Waals surface area contributed by atoms with E-state index in [-0.39, 0.29) is 35.8 Å². The summed E-state index contributed by atoms with van der Waals surface area (Å²) in [6.07, 6.45) is 1.29. The zero-order valence-corrected chi connectivity index (χ0v) is 17.9. The molecule has 1 fully saturated rings. The Hall–Kier alpha value is -3.33. The fourth-order valence-electron chi connectivity index (χ4n) is 3.40. The molecule has 1 aliphatic heterocycles. The van der Waals surface area contributed by atoms with E-state index in [2.05, 4.69) is 16.3 Å². The number of carbonyl (C=O) groups excluding carboxylic acids is 3. The number of carbonyl (C=O) groups is 3. The number of rotatable bonds is 7. The van der Waals surface area contributed by atoms with Crippen LogP contribution >= 0.6 is 11.6 Å². The van der Waals surface area contributed by atoms with Crippen molar-refractivity contribution in [2.45, 2.75) is 25.4 Å². The van der Waals surface area contributed by atoms with Crippen LogP contribution in [0.15, 0.2) is 48.7 Å². The number of amides is 2. The predicted octanol–water partition coefficient (Wildman–Crippen LogP) is 3.27. The van der Waals surface area contributed by atoms with Gasteiger partial charge in [-0.15, -0.1) is 0 Å². The molecule has 3 rings (SSSR count). The summed E-state index contributed by atoms with van der Waals surface area (Å²) in [5, 5.41) is 0.0471. The van der Waals surface area contributed by atoms with Gasteiger partial charge in [-0.3, -0.25) is 14.5 Å². The minimum absolute atomic E-state index is 0.0323. The molecule has 7 nitrogen and oxygen atoms in total. The van der Waals surface area contributed by atoms with Gasteiger partial charge in [-0.1, -0.05) is 30.3 Å². The summed E-state index contributed by atoms with van der Waals surface area (Å²) in [6, 6.07) is 5.48. The topological polar surface area (TPSA) is 79.8 Å². The highest BCUT2D eigenvalue weighted by molar-refractivity contribution is 6.30. The van der Waals surface area contributed by atoms with Crippen LogP contribution in [0.2, 0.25) is 5.02 Å². The van der Waals surface area contributed by atoms with Crippen LogP contribution < -0.4 is 4.90 Å². The molecule has 10 heteroatoms. The van der Waals surface area contributed by atoms with Crippen molar-refractivity contribution >= 4 is 35.2 Å². The Morgan fingerprint density at radius 2 is 1.97 bits per heavy atom. The first kappa shape index (κ1) is 23.3. The Kier molecular flexibility index (Phi) is 7.19. The SMILES string of the molecule is C=C(CCC1C(=O)N(c2ncc(Cl)cc2F)CC(=O)N1Cc1ccc(F)cc1)C(=O)OC. The van der Waals surface area contributed by atoms with Gasteiger partial charge in [-0.05, 0) is 36.6 Å². The van der Waals surface area contributed by atoms with E-state index in [1.54, 1.807) is 0 Å². The van der Waals surface area contributed by atoms with Gasteiger partial charge >= 0.3 is 5.97 Å². The minimum Gasteiger partial charge on any atom is -0.466 e. The second-order valence-electron chi connectivity index (χ2n) is 7.18. The summed E-state index contributed by atoms with van der Waals surface area (Å²) in [5.74, 6) is -3.26. The largest absolute Gasteiger partial charge is 0.466 e. The zero-order valence-electron chi connectivity index (χ0n) is 17.2. The van der Waals surface area contributed by atoms with Gasteiger partial charge in [0.2, 0.25) is 5.91 Å². The number of anilines is 1. The summed E-state index contributed by atoms with van der Waals surface area (Å²) in [5.41, 5.74) is 0.732. The van der Waals surface area contributed by atoms with Gasteiger partial charge in [-0.2, -0.15) is 0 Å². The van der Waals surface area contributed by atoms with Crippen LogP contribution in [0, 0.1) is 11.6 Å². The molecule has 2 heterocycles. The van der Waals surface area contributed by atoms with Gasteiger partial charge in [0.25, 0.3) is 5.91 Å². The van der Waals surface area contributed by atoms with Gasteiger partial charge in [0.05, 0.1) is 12.1 Å². The average Bonchev–Trinajstić information content (AvgIpc) is 2.76. The molecular formula is C22H20ClF2N3O4. The fourth-order valence-corrected chi connectivity index (χ4v) is 3.54. The molecule has 168 valence electrons. The van der Waals surface area contributed by atoms with Crippen molar-refractivity contribution in [1.82, 2.24) is 9.88 Å². The van der Waals surface area contributed by atoms with Gasteiger partial charge in [-0.25, -0.2) is 18.6 Å². The van der Waals surface area contributed by atoms with Crippen LogP contribution in [0.3, 0.4) is 0 Å². The lowest BCUT2D eigenvalue weighted by Crippen LogP contribution is -2.60. The smallest absolute Gasteiger partial charge is 0.333 e. The molecular weight excluding hydrogens is 444 g/mol. The van der Waals surface area contributed by atoms with E-state index in [1.807, 2.05) is 0 Å². The van der Waals surface area contributed by atoms with Crippen molar-refractivity contribution in [1.29, 1.82) is 0 Å². The number of ether oxygens (including phenoxy) is 1. The van der Waals surface area contributed by atoms with Crippen molar-refractivity contribution in [2.24, 2.45) is 0 Å². The molecule has 2 amide bonds. The van der Waals surface area contributed by atoms with Gasteiger partial charge in [0, 0.05) is 18.3 Å². The van der Waals surface area contributed by atoms with E-state index >= 15 is 0 Å².